The van der Waals surface area contributed by atoms with Crippen LogP contribution in [0.15, 0.2) is 30.4 Å². The third kappa shape index (κ3) is 11.1. The molecule has 2 atom stereocenters. The summed E-state index contributed by atoms with van der Waals surface area (Å²) in [4.78, 5) is 2.30. The monoisotopic (exact) mass is 433 g/mol. The fourth-order valence-electron chi connectivity index (χ4n) is 3.81. The Morgan fingerprint density at radius 1 is 0.871 bits per heavy atom. The van der Waals surface area contributed by atoms with Gasteiger partial charge in [-0.1, -0.05) is 45.9 Å². The van der Waals surface area contributed by atoms with Gasteiger partial charge in [-0.25, -0.2) is 0 Å². The summed E-state index contributed by atoms with van der Waals surface area (Å²) in [5, 5.41) is 0. The molecule has 0 aliphatic rings. The quantitative estimate of drug-likeness (QED) is 0.233. The topological polar surface area (TPSA) is 30.9 Å². The van der Waals surface area contributed by atoms with Crippen molar-refractivity contribution in [2.24, 2.45) is 23.7 Å². The Kier molecular flexibility index (Phi) is 13.6. The van der Waals surface area contributed by atoms with E-state index in [0.717, 1.165) is 43.7 Å². The highest BCUT2D eigenvalue weighted by Gasteiger charge is 2.16. The van der Waals surface area contributed by atoms with Crippen molar-refractivity contribution >= 4 is 0 Å². The van der Waals surface area contributed by atoms with E-state index in [1.807, 2.05) is 6.07 Å². The maximum Gasteiger partial charge on any atom is 0.161 e. The zero-order valence-electron chi connectivity index (χ0n) is 21.3. The van der Waals surface area contributed by atoms with Crippen molar-refractivity contribution in [3.05, 3.63) is 35.9 Å². The largest absolute Gasteiger partial charge is 0.493 e. The van der Waals surface area contributed by atoms with Crippen molar-refractivity contribution in [1.29, 1.82) is 0 Å². The van der Waals surface area contributed by atoms with Gasteiger partial charge in [0, 0.05) is 26.7 Å². The molecule has 0 saturated heterocycles. The van der Waals surface area contributed by atoms with E-state index >= 15 is 0 Å². The van der Waals surface area contributed by atoms with Crippen LogP contribution < -0.4 is 9.47 Å². The van der Waals surface area contributed by atoms with Crippen molar-refractivity contribution in [3.63, 3.8) is 0 Å². The molecule has 2 unspecified atom stereocenters. The van der Waals surface area contributed by atoms with Gasteiger partial charge in [0.05, 0.1) is 13.7 Å². The molecule has 4 heteroatoms. The van der Waals surface area contributed by atoms with Gasteiger partial charge in [0.1, 0.15) is 0 Å². The number of methoxy groups -OCH3 is 2. The maximum atomic E-state index is 5.97. The smallest absolute Gasteiger partial charge is 0.161 e. The average molecular weight is 434 g/mol. The zero-order chi connectivity index (χ0) is 23.2. The molecule has 178 valence electrons. The van der Waals surface area contributed by atoms with Gasteiger partial charge < -0.3 is 19.1 Å². The van der Waals surface area contributed by atoms with Gasteiger partial charge in [0.15, 0.2) is 11.5 Å². The normalized spacial score (nSPS) is 14.0. The van der Waals surface area contributed by atoms with Crippen LogP contribution in [-0.2, 0) is 11.2 Å². The van der Waals surface area contributed by atoms with Gasteiger partial charge in [0.2, 0.25) is 0 Å². The standard InChI is InChI=1S/C27H47NO3/c1-21(2)24(12-9-10-13-25(22(3)4)20-28(5)6)18-23-14-15-26(30-8)27(19-23)31-17-11-16-29-7/h9-10,14-15,19,21-22,24-25H,11-13,16-18,20H2,1-8H3/b10-9+. The Labute approximate surface area is 192 Å². The minimum atomic E-state index is 0.609. The number of hydrogen-bond donors (Lipinski definition) is 0. The Bertz CT molecular complexity index is 625. The van der Waals surface area contributed by atoms with Crippen molar-refractivity contribution in [1.82, 2.24) is 4.90 Å². The van der Waals surface area contributed by atoms with Crippen LogP contribution in [-0.4, -0.2) is 53.0 Å². The summed E-state index contributed by atoms with van der Waals surface area (Å²) in [5.74, 6) is 4.27. The van der Waals surface area contributed by atoms with Crippen LogP contribution in [0.1, 0.15) is 52.5 Å². The minimum Gasteiger partial charge on any atom is -0.493 e. The maximum absolute atomic E-state index is 5.97. The molecule has 1 rings (SSSR count). The van der Waals surface area contributed by atoms with Crippen LogP contribution >= 0.6 is 0 Å². The summed E-state index contributed by atoms with van der Waals surface area (Å²) in [6.07, 6.45) is 8.99. The number of rotatable bonds is 16. The van der Waals surface area contributed by atoms with Gasteiger partial charge in [0.25, 0.3) is 0 Å². The number of ether oxygens (including phenoxy) is 3. The molecule has 0 fully saturated rings. The van der Waals surface area contributed by atoms with Gasteiger partial charge in [-0.15, -0.1) is 0 Å². The number of benzene rings is 1. The van der Waals surface area contributed by atoms with Crippen LogP contribution in [0.4, 0.5) is 0 Å². The zero-order valence-corrected chi connectivity index (χ0v) is 21.3. The van der Waals surface area contributed by atoms with E-state index < -0.39 is 0 Å². The first-order valence-corrected chi connectivity index (χ1v) is 11.9. The lowest BCUT2D eigenvalue weighted by atomic mass is 9.86. The van der Waals surface area contributed by atoms with E-state index in [1.165, 1.54) is 5.56 Å². The van der Waals surface area contributed by atoms with Crippen molar-refractivity contribution in [2.45, 2.75) is 53.4 Å². The predicted molar refractivity (Wildman–Crippen MR) is 132 cm³/mol. The SMILES string of the molecule is COCCCOc1cc(CC(C/C=C/CC(CN(C)C)C(C)C)C(C)C)ccc1OC. The molecule has 0 amide bonds. The molecule has 0 radical (unpaired) electrons. The second-order valence-corrected chi connectivity index (χ2v) is 9.60. The van der Waals surface area contributed by atoms with E-state index in [9.17, 15) is 0 Å². The van der Waals surface area contributed by atoms with E-state index in [2.05, 4.69) is 71.0 Å². The Balaban J connectivity index is 2.73. The molecule has 0 aliphatic heterocycles. The predicted octanol–water partition coefficient (Wildman–Crippen LogP) is 6.10. The first kappa shape index (κ1) is 27.5. The molecule has 0 heterocycles. The number of nitrogens with zero attached hydrogens (tertiary/aromatic N) is 1. The second kappa shape index (κ2) is 15.3. The number of hydrogen-bond acceptors (Lipinski definition) is 4. The lowest BCUT2D eigenvalue weighted by molar-refractivity contribution is 0.170. The lowest BCUT2D eigenvalue weighted by Gasteiger charge is -2.23. The summed E-state index contributed by atoms with van der Waals surface area (Å²) in [7, 11) is 7.74. The first-order chi connectivity index (χ1) is 14.8. The van der Waals surface area contributed by atoms with Crippen LogP contribution in [0.3, 0.4) is 0 Å². The molecular weight excluding hydrogens is 386 g/mol. The van der Waals surface area contributed by atoms with Crippen LogP contribution in [0.25, 0.3) is 0 Å². The molecule has 31 heavy (non-hydrogen) atoms. The third-order valence-electron chi connectivity index (χ3n) is 6.01. The molecule has 1 aromatic rings. The van der Waals surface area contributed by atoms with Gasteiger partial charge in [-0.05, 0) is 74.7 Å². The van der Waals surface area contributed by atoms with Crippen molar-refractivity contribution < 1.29 is 14.2 Å². The lowest BCUT2D eigenvalue weighted by Crippen LogP contribution is -2.24. The van der Waals surface area contributed by atoms with Gasteiger partial charge in [-0.2, -0.15) is 0 Å². The molecular formula is C27H47NO3. The molecule has 1 aromatic carbocycles. The summed E-state index contributed by atoms with van der Waals surface area (Å²) < 4.78 is 16.6. The summed E-state index contributed by atoms with van der Waals surface area (Å²) in [6, 6.07) is 6.35. The minimum absolute atomic E-state index is 0.609. The average Bonchev–Trinajstić information content (AvgIpc) is 2.72. The summed E-state index contributed by atoms with van der Waals surface area (Å²) >= 11 is 0. The Morgan fingerprint density at radius 2 is 1.52 bits per heavy atom. The fraction of sp³-hybridized carbons (Fsp3) is 0.704. The summed E-state index contributed by atoms with van der Waals surface area (Å²) in [5.41, 5.74) is 1.31. The van der Waals surface area contributed by atoms with E-state index in [0.29, 0.717) is 36.9 Å². The van der Waals surface area contributed by atoms with Crippen LogP contribution in [0, 0.1) is 23.7 Å². The van der Waals surface area contributed by atoms with E-state index in [1.54, 1.807) is 14.2 Å². The Morgan fingerprint density at radius 3 is 2.06 bits per heavy atom. The third-order valence-corrected chi connectivity index (χ3v) is 6.01. The molecule has 0 spiro atoms. The number of allylic oxidation sites excluding steroid dienone is 2. The highest BCUT2D eigenvalue weighted by Crippen LogP contribution is 2.31. The van der Waals surface area contributed by atoms with Crippen LogP contribution in [0.2, 0.25) is 0 Å². The van der Waals surface area contributed by atoms with E-state index in [-0.39, 0.29) is 0 Å². The Hall–Kier alpha value is -1.52. The van der Waals surface area contributed by atoms with Crippen molar-refractivity contribution in [2.75, 3.05) is 48.1 Å². The highest BCUT2D eigenvalue weighted by atomic mass is 16.5. The first-order valence-electron chi connectivity index (χ1n) is 11.9. The molecule has 0 saturated carbocycles. The molecule has 4 nitrogen and oxygen atoms in total. The van der Waals surface area contributed by atoms with Crippen LogP contribution in [0.5, 0.6) is 11.5 Å². The highest BCUT2D eigenvalue weighted by molar-refractivity contribution is 5.43. The van der Waals surface area contributed by atoms with Crippen molar-refractivity contribution in [3.8, 4) is 11.5 Å². The molecule has 0 aromatic heterocycles. The van der Waals surface area contributed by atoms with E-state index in [4.69, 9.17) is 14.2 Å². The second-order valence-electron chi connectivity index (χ2n) is 9.60. The fourth-order valence-corrected chi connectivity index (χ4v) is 3.81. The van der Waals surface area contributed by atoms with Gasteiger partial charge in [-0.3, -0.25) is 0 Å². The van der Waals surface area contributed by atoms with Gasteiger partial charge >= 0.3 is 0 Å². The molecule has 0 aliphatic carbocycles. The molecule has 0 N–H and O–H groups in total. The molecule has 0 bridgehead atoms. The summed E-state index contributed by atoms with van der Waals surface area (Å²) in [6.45, 7) is 11.8.